The highest BCUT2D eigenvalue weighted by molar-refractivity contribution is 7.17. The molecule has 1 N–H and O–H groups in total. The minimum atomic E-state index is -0.469. The standard InChI is InChI=1S/C16H23NO5S/c1-5-8-13(19)22-9-12(18)17-15-14(16(20)21-7-3)10(4)11(6-2)23-15/h5-9H2,1-4H3,(H,17,18). The lowest BCUT2D eigenvalue weighted by Crippen LogP contribution is -2.21. The van der Waals surface area contributed by atoms with E-state index in [1.165, 1.54) is 11.3 Å². The first-order valence-electron chi connectivity index (χ1n) is 7.69. The number of hydrogen-bond acceptors (Lipinski definition) is 6. The second-order valence-electron chi connectivity index (χ2n) is 4.89. The molecule has 0 aromatic carbocycles. The van der Waals surface area contributed by atoms with Gasteiger partial charge in [-0.05, 0) is 32.3 Å². The summed E-state index contributed by atoms with van der Waals surface area (Å²) in [6, 6.07) is 0. The number of carbonyl (C=O) groups excluding carboxylic acids is 3. The molecule has 1 rings (SSSR count). The summed E-state index contributed by atoms with van der Waals surface area (Å²) in [5, 5.41) is 3.08. The van der Waals surface area contributed by atoms with Gasteiger partial charge in [0.2, 0.25) is 0 Å². The Balaban J connectivity index is 2.84. The Morgan fingerprint density at radius 1 is 1.13 bits per heavy atom. The molecule has 0 radical (unpaired) electrons. The summed E-state index contributed by atoms with van der Waals surface area (Å²) in [5.41, 5.74) is 1.19. The van der Waals surface area contributed by atoms with Gasteiger partial charge in [0.1, 0.15) is 5.00 Å². The molecule has 1 amide bonds. The van der Waals surface area contributed by atoms with Crippen molar-refractivity contribution in [2.24, 2.45) is 0 Å². The monoisotopic (exact) mass is 341 g/mol. The third kappa shape index (κ3) is 5.35. The van der Waals surface area contributed by atoms with Crippen molar-refractivity contribution in [3.63, 3.8) is 0 Å². The molecule has 1 aromatic heterocycles. The summed E-state index contributed by atoms with van der Waals surface area (Å²) >= 11 is 1.34. The molecule has 0 saturated heterocycles. The Bertz CT molecular complexity index is 579. The highest BCUT2D eigenvalue weighted by atomic mass is 32.1. The Labute approximate surface area is 140 Å². The van der Waals surface area contributed by atoms with E-state index in [1.54, 1.807) is 6.92 Å². The largest absolute Gasteiger partial charge is 0.462 e. The zero-order valence-corrected chi connectivity index (χ0v) is 14.8. The molecule has 23 heavy (non-hydrogen) atoms. The molecule has 0 fully saturated rings. The van der Waals surface area contributed by atoms with Crippen LogP contribution >= 0.6 is 11.3 Å². The summed E-state index contributed by atoms with van der Waals surface area (Å²) in [5.74, 6) is -1.34. The predicted octanol–water partition coefficient (Wildman–Crippen LogP) is 3.08. The number of rotatable bonds is 8. The number of nitrogens with one attached hydrogen (secondary N) is 1. The summed E-state index contributed by atoms with van der Waals surface area (Å²) in [7, 11) is 0. The second-order valence-corrected chi connectivity index (χ2v) is 5.99. The van der Waals surface area contributed by atoms with Crippen molar-refractivity contribution >= 4 is 34.2 Å². The molecule has 0 unspecified atom stereocenters. The van der Waals surface area contributed by atoms with E-state index in [-0.39, 0.29) is 19.6 Å². The van der Waals surface area contributed by atoms with Crippen LogP contribution in [0.4, 0.5) is 5.00 Å². The topological polar surface area (TPSA) is 81.7 Å². The smallest absolute Gasteiger partial charge is 0.341 e. The number of esters is 2. The Kier molecular flexibility index (Phi) is 7.74. The van der Waals surface area contributed by atoms with Crippen molar-refractivity contribution in [1.82, 2.24) is 0 Å². The average molecular weight is 341 g/mol. The Morgan fingerprint density at radius 2 is 1.83 bits per heavy atom. The SMILES string of the molecule is CCCC(=O)OCC(=O)Nc1sc(CC)c(C)c1C(=O)OCC. The minimum Gasteiger partial charge on any atom is -0.462 e. The van der Waals surface area contributed by atoms with Crippen LogP contribution in [0, 0.1) is 6.92 Å². The highest BCUT2D eigenvalue weighted by Gasteiger charge is 2.23. The number of hydrogen-bond donors (Lipinski definition) is 1. The van der Waals surface area contributed by atoms with Crippen LogP contribution in [0.1, 0.15) is 54.4 Å². The van der Waals surface area contributed by atoms with E-state index in [1.807, 2.05) is 20.8 Å². The quantitative estimate of drug-likeness (QED) is 0.735. The number of anilines is 1. The van der Waals surface area contributed by atoms with Gasteiger partial charge in [0, 0.05) is 11.3 Å². The zero-order chi connectivity index (χ0) is 17.4. The fourth-order valence-electron chi connectivity index (χ4n) is 2.02. The molecule has 128 valence electrons. The van der Waals surface area contributed by atoms with Crippen LogP contribution in [0.25, 0.3) is 0 Å². The first kappa shape index (κ1) is 19.2. The fraction of sp³-hybridized carbons (Fsp3) is 0.562. The molecule has 6 nitrogen and oxygen atoms in total. The molecule has 1 aromatic rings. The van der Waals surface area contributed by atoms with Crippen molar-refractivity contribution in [3.8, 4) is 0 Å². The van der Waals surface area contributed by atoms with E-state index in [0.717, 1.165) is 16.9 Å². The van der Waals surface area contributed by atoms with Gasteiger partial charge in [0.15, 0.2) is 6.61 Å². The lowest BCUT2D eigenvalue weighted by molar-refractivity contribution is -0.147. The Hall–Kier alpha value is -1.89. The van der Waals surface area contributed by atoms with Crippen LogP contribution in [0.15, 0.2) is 0 Å². The van der Waals surface area contributed by atoms with Crippen molar-refractivity contribution in [1.29, 1.82) is 0 Å². The van der Waals surface area contributed by atoms with Gasteiger partial charge in [-0.2, -0.15) is 0 Å². The van der Waals surface area contributed by atoms with E-state index in [4.69, 9.17) is 9.47 Å². The van der Waals surface area contributed by atoms with Crippen molar-refractivity contribution in [2.75, 3.05) is 18.5 Å². The molecular formula is C16H23NO5S. The van der Waals surface area contributed by atoms with Crippen LogP contribution in [-0.2, 0) is 25.5 Å². The maximum Gasteiger partial charge on any atom is 0.341 e. The van der Waals surface area contributed by atoms with Gasteiger partial charge in [0.25, 0.3) is 5.91 Å². The molecule has 0 aliphatic heterocycles. The number of thiophene rings is 1. The predicted molar refractivity (Wildman–Crippen MR) is 88.9 cm³/mol. The minimum absolute atomic E-state index is 0.262. The van der Waals surface area contributed by atoms with Crippen LogP contribution in [0.5, 0.6) is 0 Å². The van der Waals surface area contributed by atoms with Gasteiger partial charge >= 0.3 is 11.9 Å². The first-order valence-corrected chi connectivity index (χ1v) is 8.50. The molecule has 0 atom stereocenters. The maximum atomic E-state index is 12.1. The lowest BCUT2D eigenvalue weighted by Gasteiger charge is -2.07. The number of carbonyl (C=O) groups is 3. The summed E-state index contributed by atoms with van der Waals surface area (Å²) in [6.07, 6.45) is 1.70. The summed E-state index contributed by atoms with van der Waals surface area (Å²) < 4.78 is 9.92. The summed E-state index contributed by atoms with van der Waals surface area (Å²) in [6.45, 7) is 7.29. The highest BCUT2D eigenvalue weighted by Crippen LogP contribution is 2.34. The molecule has 7 heteroatoms. The molecule has 1 heterocycles. The molecule has 0 spiro atoms. The van der Waals surface area contributed by atoms with E-state index < -0.39 is 17.8 Å². The van der Waals surface area contributed by atoms with Gasteiger partial charge in [0.05, 0.1) is 12.2 Å². The van der Waals surface area contributed by atoms with Gasteiger partial charge in [-0.25, -0.2) is 4.79 Å². The number of amides is 1. The number of ether oxygens (including phenoxy) is 2. The number of aryl methyl sites for hydroxylation is 1. The second kappa shape index (κ2) is 9.29. The van der Waals surface area contributed by atoms with Gasteiger partial charge in [-0.1, -0.05) is 13.8 Å². The molecule has 0 bridgehead atoms. The van der Waals surface area contributed by atoms with Crippen LogP contribution in [0.2, 0.25) is 0 Å². The Morgan fingerprint density at radius 3 is 2.39 bits per heavy atom. The van der Waals surface area contributed by atoms with Gasteiger partial charge in [-0.3, -0.25) is 9.59 Å². The lowest BCUT2D eigenvalue weighted by atomic mass is 10.1. The van der Waals surface area contributed by atoms with E-state index in [2.05, 4.69) is 5.32 Å². The van der Waals surface area contributed by atoms with E-state index in [9.17, 15) is 14.4 Å². The van der Waals surface area contributed by atoms with E-state index >= 15 is 0 Å². The van der Waals surface area contributed by atoms with Crippen molar-refractivity contribution < 1.29 is 23.9 Å². The van der Waals surface area contributed by atoms with Crippen LogP contribution < -0.4 is 5.32 Å². The van der Waals surface area contributed by atoms with Crippen molar-refractivity contribution in [2.45, 2.75) is 47.0 Å². The average Bonchev–Trinajstić information content (AvgIpc) is 2.81. The molecule has 0 aliphatic carbocycles. The zero-order valence-electron chi connectivity index (χ0n) is 14.0. The van der Waals surface area contributed by atoms with Gasteiger partial charge in [-0.15, -0.1) is 11.3 Å². The third-order valence-corrected chi connectivity index (χ3v) is 4.47. The molecule has 0 saturated carbocycles. The van der Waals surface area contributed by atoms with Crippen LogP contribution in [-0.4, -0.2) is 31.1 Å². The van der Waals surface area contributed by atoms with Crippen LogP contribution in [0.3, 0.4) is 0 Å². The molecular weight excluding hydrogens is 318 g/mol. The maximum absolute atomic E-state index is 12.1. The third-order valence-electron chi connectivity index (χ3n) is 3.12. The first-order chi connectivity index (χ1) is 10.9. The normalized spacial score (nSPS) is 10.3. The molecule has 0 aliphatic rings. The summed E-state index contributed by atoms with van der Waals surface area (Å²) in [4.78, 5) is 36.3. The fourth-order valence-corrected chi connectivity index (χ4v) is 3.17. The van der Waals surface area contributed by atoms with E-state index in [0.29, 0.717) is 17.0 Å². The van der Waals surface area contributed by atoms with Crippen molar-refractivity contribution in [3.05, 3.63) is 16.0 Å². The van der Waals surface area contributed by atoms with Gasteiger partial charge < -0.3 is 14.8 Å².